The number of carboxylic acids is 1. The molecule has 0 aliphatic heterocycles. The summed E-state index contributed by atoms with van der Waals surface area (Å²) < 4.78 is 12.7. The van der Waals surface area contributed by atoms with Crippen molar-refractivity contribution in [1.29, 1.82) is 0 Å². The van der Waals surface area contributed by atoms with E-state index >= 15 is 0 Å². The Labute approximate surface area is 277 Å². The van der Waals surface area contributed by atoms with Gasteiger partial charge in [-0.15, -0.1) is 0 Å². The normalized spacial score (nSPS) is 44.5. The quantitative estimate of drug-likeness (QED) is 0.196. The number of allylic oxidation sites excluding steroid dienone is 2. The zero-order chi connectivity index (χ0) is 33.3. The van der Waals surface area contributed by atoms with Crippen LogP contribution in [0.4, 0.5) is 0 Å². The summed E-state index contributed by atoms with van der Waals surface area (Å²) >= 11 is 0. The average Bonchev–Trinajstić information content (AvgIpc) is 3.00. The summed E-state index contributed by atoms with van der Waals surface area (Å²) in [7, 11) is 0. The minimum atomic E-state index is -0.930. The highest BCUT2D eigenvalue weighted by Gasteiger charge is 2.69. The van der Waals surface area contributed by atoms with Crippen molar-refractivity contribution in [1.82, 2.24) is 0 Å². The van der Waals surface area contributed by atoms with Crippen LogP contribution in [-0.4, -0.2) is 53.3 Å². The Morgan fingerprint density at radius 2 is 1.59 bits per heavy atom. The maximum absolute atomic E-state index is 11.1. The van der Waals surface area contributed by atoms with Crippen LogP contribution in [0.5, 0.6) is 5.75 Å². The smallest absolute Gasteiger partial charge is 0.335 e. The van der Waals surface area contributed by atoms with E-state index in [2.05, 4.69) is 54.5 Å². The third kappa shape index (κ3) is 5.10. The van der Waals surface area contributed by atoms with Crippen LogP contribution in [0.3, 0.4) is 0 Å². The number of carboxylic acid groups (broad SMARTS) is 1. The number of hydrogen-bond donors (Lipinski definition) is 3. The molecule has 2 unspecified atom stereocenters. The van der Waals surface area contributed by atoms with E-state index in [1.807, 2.05) is 0 Å². The minimum absolute atomic E-state index is 0.0686. The van der Waals surface area contributed by atoms with E-state index in [1.54, 1.807) is 29.8 Å². The number of ether oxygens (including phenoxy) is 2. The van der Waals surface area contributed by atoms with Crippen LogP contribution in [0, 0.1) is 50.2 Å². The number of fused-ring (bicyclic) bond motifs is 7. The number of aromatic carboxylic acids is 1. The molecule has 5 aliphatic carbocycles. The third-order valence-corrected chi connectivity index (χ3v) is 15.2. The van der Waals surface area contributed by atoms with Gasteiger partial charge in [0, 0.05) is 17.3 Å². The molecule has 0 amide bonds. The van der Waals surface area contributed by atoms with E-state index in [0.717, 1.165) is 38.5 Å². The molecule has 4 saturated carbocycles. The summed E-state index contributed by atoms with van der Waals surface area (Å²) in [6.07, 6.45) is 13.1. The second kappa shape index (κ2) is 11.6. The largest absolute Gasteiger partial charge is 0.494 e. The summed E-state index contributed by atoms with van der Waals surface area (Å²) in [6, 6.07) is 6.60. The molecule has 0 heterocycles. The lowest BCUT2D eigenvalue weighted by Gasteiger charge is -2.71. The summed E-state index contributed by atoms with van der Waals surface area (Å²) in [5.74, 6) is 1.16. The summed E-state index contributed by atoms with van der Waals surface area (Å²) in [5.41, 5.74) is 2.30. The molecule has 4 fully saturated rings. The Hall–Kier alpha value is -1.89. The average molecular weight is 637 g/mol. The zero-order valence-corrected chi connectivity index (χ0v) is 29.5. The monoisotopic (exact) mass is 636 g/mol. The van der Waals surface area contributed by atoms with Crippen LogP contribution in [-0.2, 0) is 4.74 Å². The van der Waals surface area contributed by atoms with E-state index in [1.165, 1.54) is 25.7 Å². The van der Waals surface area contributed by atoms with E-state index in [4.69, 9.17) is 14.6 Å². The number of benzene rings is 1. The first-order valence-corrected chi connectivity index (χ1v) is 18.1. The number of rotatable bonds is 8. The molecule has 1 aromatic rings. The molecule has 5 aliphatic rings. The molecule has 0 aromatic heterocycles. The Balaban J connectivity index is 1.19. The second-order valence-electron chi connectivity index (χ2n) is 18.0. The topological polar surface area (TPSA) is 96.2 Å². The Kier molecular flexibility index (Phi) is 8.59. The minimum Gasteiger partial charge on any atom is -0.494 e. The molecule has 1 aromatic carbocycles. The van der Waals surface area contributed by atoms with Crippen molar-refractivity contribution in [3.8, 4) is 5.75 Å². The van der Waals surface area contributed by atoms with Crippen LogP contribution < -0.4 is 4.74 Å². The summed E-state index contributed by atoms with van der Waals surface area (Å²) in [6.45, 7) is 18.5. The standard InChI is InChI=1S/C40H60O6/c1-35(2)23-29-28-13-14-31-37(4)17-16-32(42)38(5,25-41)30(37)15-18-40(31,7)39(28,6)20-19-36(29,3)33(24-35)46-22-8-21-45-27-11-9-26(10-12-27)34(43)44/h9-13,29-33,41-42H,8,14-25H2,1-7H3,(H,43,44)/t29-,30?,31-,32+,33-,36-,37+,38?,39-,40-/m1/s1. The van der Waals surface area contributed by atoms with Crippen molar-refractivity contribution >= 4 is 5.97 Å². The van der Waals surface area contributed by atoms with Crippen molar-refractivity contribution in [3.63, 3.8) is 0 Å². The van der Waals surface area contributed by atoms with Gasteiger partial charge in [-0.3, -0.25) is 0 Å². The second-order valence-corrected chi connectivity index (χ2v) is 18.0. The Bertz CT molecular complexity index is 1340. The van der Waals surface area contributed by atoms with Gasteiger partial charge in [0.05, 0.1) is 37.6 Å². The summed E-state index contributed by atoms with van der Waals surface area (Å²) in [4.78, 5) is 11.1. The highest BCUT2D eigenvalue weighted by atomic mass is 16.5. The van der Waals surface area contributed by atoms with Crippen molar-refractivity contribution in [3.05, 3.63) is 41.5 Å². The van der Waals surface area contributed by atoms with Gasteiger partial charge in [-0.25, -0.2) is 4.79 Å². The van der Waals surface area contributed by atoms with Gasteiger partial charge in [0.15, 0.2) is 0 Å². The lowest BCUT2D eigenvalue weighted by molar-refractivity contribution is -0.220. The first kappa shape index (κ1) is 34.0. The highest BCUT2D eigenvalue weighted by molar-refractivity contribution is 5.87. The number of hydrogen-bond acceptors (Lipinski definition) is 5. The van der Waals surface area contributed by atoms with Crippen LogP contribution in [0.1, 0.15) is 123 Å². The van der Waals surface area contributed by atoms with Gasteiger partial charge >= 0.3 is 5.97 Å². The van der Waals surface area contributed by atoms with Gasteiger partial charge in [0.25, 0.3) is 0 Å². The molecule has 6 nitrogen and oxygen atoms in total. The van der Waals surface area contributed by atoms with Gasteiger partial charge in [0.2, 0.25) is 0 Å². The van der Waals surface area contributed by atoms with Crippen LogP contribution in [0.2, 0.25) is 0 Å². The SMILES string of the molecule is CC1(C)C[C@@H]2C3=CC[C@@H]4[C@@]5(C)CC[C@H](O)C(C)(CO)C5CC[C@@]4(C)[C@]3(C)CC[C@@]2(C)[C@H](OCCCOc2ccc(C(=O)O)cc2)C1. The number of aliphatic hydroxyl groups is 2. The van der Waals surface area contributed by atoms with Crippen molar-refractivity contribution in [2.45, 2.75) is 125 Å². The van der Waals surface area contributed by atoms with E-state index in [0.29, 0.717) is 36.7 Å². The Morgan fingerprint density at radius 3 is 2.26 bits per heavy atom. The number of aliphatic hydroxyl groups excluding tert-OH is 2. The molecule has 10 atom stereocenters. The lowest BCUT2D eigenvalue weighted by Crippen LogP contribution is -2.66. The maximum Gasteiger partial charge on any atom is 0.335 e. The maximum atomic E-state index is 11.1. The highest BCUT2D eigenvalue weighted by Crippen LogP contribution is 2.75. The van der Waals surface area contributed by atoms with Gasteiger partial charge in [0.1, 0.15) is 5.75 Å². The van der Waals surface area contributed by atoms with Gasteiger partial charge in [-0.2, -0.15) is 0 Å². The predicted molar refractivity (Wildman–Crippen MR) is 181 cm³/mol. The number of carbonyl (C=O) groups is 1. The van der Waals surface area contributed by atoms with Gasteiger partial charge < -0.3 is 24.8 Å². The molecule has 256 valence electrons. The molecule has 6 heteroatoms. The molecular weight excluding hydrogens is 576 g/mol. The predicted octanol–water partition coefficient (Wildman–Crippen LogP) is 8.30. The fourth-order valence-corrected chi connectivity index (χ4v) is 12.1. The van der Waals surface area contributed by atoms with E-state index < -0.39 is 17.5 Å². The fraction of sp³-hybridized carbons (Fsp3) is 0.775. The molecule has 0 spiro atoms. The molecular formula is C40H60O6. The first-order valence-electron chi connectivity index (χ1n) is 18.1. The molecule has 46 heavy (non-hydrogen) atoms. The summed E-state index contributed by atoms with van der Waals surface area (Å²) in [5, 5.41) is 30.8. The molecule has 0 saturated heterocycles. The van der Waals surface area contributed by atoms with Crippen molar-refractivity contribution in [2.75, 3.05) is 19.8 Å². The van der Waals surface area contributed by atoms with Crippen molar-refractivity contribution in [2.24, 2.45) is 50.2 Å². The molecule has 0 radical (unpaired) electrons. The molecule has 3 N–H and O–H groups in total. The third-order valence-electron chi connectivity index (χ3n) is 15.2. The molecule has 6 rings (SSSR count). The van der Waals surface area contributed by atoms with Crippen LogP contribution in [0.25, 0.3) is 0 Å². The lowest BCUT2D eigenvalue weighted by atomic mass is 9.33. The van der Waals surface area contributed by atoms with E-state index in [9.17, 15) is 15.0 Å². The molecule has 0 bridgehead atoms. The Morgan fingerprint density at radius 1 is 0.870 bits per heavy atom. The van der Waals surface area contributed by atoms with Gasteiger partial charge in [-0.05, 0) is 121 Å². The van der Waals surface area contributed by atoms with Gasteiger partial charge in [-0.1, -0.05) is 60.1 Å². The van der Waals surface area contributed by atoms with E-state index in [-0.39, 0.29) is 45.3 Å². The van der Waals surface area contributed by atoms with Crippen LogP contribution >= 0.6 is 0 Å². The van der Waals surface area contributed by atoms with Crippen LogP contribution in [0.15, 0.2) is 35.9 Å². The fourth-order valence-electron chi connectivity index (χ4n) is 12.1. The van der Waals surface area contributed by atoms with Crippen molar-refractivity contribution < 1.29 is 29.6 Å². The zero-order valence-electron chi connectivity index (χ0n) is 29.5. The first-order chi connectivity index (χ1) is 21.5.